The molecule has 1 heterocycles. The summed E-state index contributed by atoms with van der Waals surface area (Å²) in [4.78, 5) is 13.8. The van der Waals surface area contributed by atoms with E-state index in [-0.39, 0.29) is 5.91 Å². The van der Waals surface area contributed by atoms with E-state index in [1.54, 1.807) is 26.3 Å². The molecule has 0 bridgehead atoms. The highest BCUT2D eigenvalue weighted by Crippen LogP contribution is 2.29. The molecule has 2 rings (SSSR count). The Labute approximate surface area is 117 Å². The molecule has 0 aliphatic carbocycles. The molecule has 1 aromatic carbocycles. The topological polar surface area (TPSA) is 66.5 Å². The zero-order valence-corrected chi connectivity index (χ0v) is 11.8. The fraction of sp³-hybridized carbons (Fsp3) is 0.333. The van der Waals surface area contributed by atoms with Crippen LogP contribution in [0.25, 0.3) is 11.0 Å². The molecule has 0 radical (unpaired) electrons. The van der Waals surface area contributed by atoms with Gasteiger partial charge in [-0.2, -0.15) is 5.26 Å². The minimum atomic E-state index is -0.215. The Morgan fingerprint density at radius 3 is 2.90 bits per heavy atom. The number of rotatable bonds is 4. The first-order chi connectivity index (χ1) is 9.58. The SMILES string of the molecule is COc1ccc2oc(C(=O)N(C)CCC#N)c(C)c2c1. The third-order valence-corrected chi connectivity index (χ3v) is 3.24. The van der Waals surface area contributed by atoms with Crippen molar-refractivity contribution in [3.63, 3.8) is 0 Å². The van der Waals surface area contributed by atoms with Crippen LogP contribution < -0.4 is 4.74 Å². The quantitative estimate of drug-likeness (QED) is 0.858. The lowest BCUT2D eigenvalue weighted by Crippen LogP contribution is -2.27. The van der Waals surface area contributed by atoms with Crippen LogP contribution in [0.5, 0.6) is 5.75 Å². The summed E-state index contributed by atoms with van der Waals surface area (Å²) in [5, 5.41) is 9.43. The van der Waals surface area contributed by atoms with Gasteiger partial charge in [-0.15, -0.1) is 0 Å². The lowest BCUT2D eigenvalue weighted by atomic mass is 10.1. The summed E-state index contributed by atoms with van der Waals surface area (Å²) in [5.41, 5.74) is 1.44. The van der Waals surface area contributed by atoms with Gasteiger partial charge >= 0.3 is 0 Å². The molecule has 0 aliphatic heterocycles. The summed E-state index contributed by atoms with van der Waals surface area (Å²) < 4.78 is 10.8. The Hall–Kier alpha value is -2.48. The van der Waals surface area contributed by atoms with Crippen LogP contribution in [0.4, 0.5) is 0 Å². The summed E-state index contributed by atoms with van der Waals surface area (Å²) in [6.45, 7) is 2.23. The van der Waals surface area contributed by atoms with Crippen molar-refractivity contribution in [3.05, 3.63) is 29.5 Å². The third kappa shape index (κ3) is 2.45. The number of benzene rings is 1. The van der Waals surface area contributed by atoms with Gasteiger partial charge in [-0.1, -0.05) is 0 Å². The summed E-state index contributed by atoms with van der Waals surface area (Å²) in [6, 6.07) is 7.44. The molecule has 0 fully saturated rings. The largest absolute Gasteiger partial charge is 0.497 e. The Kier molecular flexibility index (Phi) is 3.94. The molecule has 0 aliphatic rings. The van der Waals surface area contributed by atoms with Crippen LogP contribution in [-0.4, -0.2) is 31.5 Å². The van der Waals surface area contributed by atoms with Gasteiger partial charge in [0.2, 0.25) is 0 Å². The van der Waals surface area contributed by atoms with E-state index in [0.717, 1.165) is 16.7 Å². The van der Waals surface area contributed by atoms with Gasteiger partial charge in [0.15, 0.2) is 5.76 Å². The highest BCUT2D eigenvalue weighted by molar-refractivity contribution is 5.99. The fourth-order valence-electron chi connectivity index (χ4n) is 2.02. The molecule has 0 spiro atoms. The normalized spacial score (nSPS) is 10.3. The maximum Gasteiger partial charge on any atom is 0.289 e. The molecule has 0 atom stereocenters. The van der Waals surface area contributed by atoms with E-state index in [1.165, 1.54) is 4.90 Å². The van der Waals surface area contributed by atoms with Crippen molar-refractivity contribution in [2.75, 3.05) is 20.7 Å². The van der Waals surface area contributed by atoms with Gasteiger partial charge in [-0.05, 0) is 25.1 Å². The Morgan fingerprint density at radius 2 is 2.25 bits per heavy atom. The predicted octanol–water partition coefficient (Wildman–Crippen LogP) is 2.74. The zero-order chi connectivity index (χ0) is 14.7. The second-order valence-corrected chi connectivity index (χ2v) is 4.55. The standard InChI is InChI=1S/C15H16N2O3/c1-10-12-9-11(19-3)5-6-13(12)20-14(10)15(18)17(2)8-4-7-16/h5-6,9H,4,8H2,1-3H3. The molecule has 1 aromatic heterocycles. The maximum absolute atomic E-state index is 12.3. The third-order valence-electron chi connectivity index (χ3n) is 3.24. The summed E-state index contributed by atoms with van der Waals surface area (Å²) in [6.07, 6.45) is 0.301. The highest BCUT2D eigenvalue weighted by atomic mass is 16.5. The fourth-order valence-corrected chi connectivity index (χ4v) is 2.02. The van der Waals surface area contributed by atoms with Gasteiger partial charge in [0, 0.05) is 24.5 Å². The summed E-state index contributed by atoms with van der Waals surface area (Å²) in [5.74, 6) is 0.819. The Bertz CT molecular complexity index is 682. The number of amides is 1. The van der Waals surface area contributed by atoms with Crippen molar-refractivity contribution >= 4 is 16.9 Å². The molecule has 1 amide bonds. The molecule has 0 unspecified atom stereocenters. The first-order valence-electron chi connectivity index (χ1n) is 6.28. The molecule has 5 nitrogen and oxygen atoms in total. The molecular weight excluding hydrogens is 256 g/mol. The van der Waals surface area contributed by atoms with Crippen molar-refractivity contribution in [3.8, 4) is 11.8 Å². The monoisotopic (exact) mass is 272 g/mol. The zero-order valence-electron chi connectivity index (χ0n) is 11.8. The van der Waals surface area contributed by atoms with E-state index < -0.39 is 0 Å². The highest BCUT2D eigenvalue weighted by Gasteiger charge is 2.21. The lowest BCUT2D eigenvalue weighted by molar-refractivity contribution is 0.0768. The van der Waals surface area contributed by atoms with Crippen LogP contribution in [0, 0.1) is 18.3 Å². The van der Waals surface area contributed by atoms with Crippen LogP contribution in [-0.2, 0) is 0 Å². The van der Waals surface area contributed by atoms with Gasteiger partial charge in [-0.25, -0.2) is 0 Å². The van der Waals surface area contributed by atoms with Crippen molar-refractivity contribution in [1.29, 1.82) is 5.26 Å². The number of nitriles is 1. The van der Waals surface area contributed by atoms with E-state index in [2.05, 4.69) is 0 Å². The number of aryl methyl sites for hydroxylation is 1. The molecular formula is C15H16N2O3. The number of carbonyl (C=O) groups excluding carboxylic acids is 1. The number of nitrogens with zero attached hydrogens (tertiary/aromatic N) is 2. The van der Waals surface area contributed by atoms with Crippen LogP contribution in [0.1, 0.15) is 22.5 Å². The van der Waals surface area contributed by atoms with Crippen LogP contribution in [0.2, 0.25) is 0 Å². The molecule has 2 aromatic rings. The lowest BCUT2D eigenvalue weighted by Gasteiger charge is -2.13. The van der Waals surface area contributed by atoms with Gasteiger partial charge in [0.25, 0.3) is 5.91 Å². The van der Waals surface area contributed by atoms with Crippen molar-refractivity contribution in [2.45, 2.75) is 13.3 Å². The summed E-state index contributed by atoms with van der Waals surface area (Å²) >= 11 is 0. The Balaban J connectivity index is 2.38. The minimum absolute atomic E-state index is 0.215. The number of furan rings is 1. The summed E-state index contributed by atoms with van der Waals surface area (Å²) in [7, 11) is 3.26. The molecule has 5 heteroatoms. The van der Waals surface area contributed by atoms with Crippen LogP contribution in [0.15, 0.2) is 22.6 Å². The molecule has 20 heavy (non-hydrogen) atoms. The first-order valence-corrected chi connectivity index (χ1v) is 6.28. The molecule has 0 N–H and O–H groups in total. The molecule has 0 saturated carbocycles. The molecule has 0 saturated heterocycles. The van der Waals surface area contributed by atoms with Crippen LogP contribution in [0.3, 0.4) is 0 Å². The minimum Gasteiger partial charge on any atom is -0.497 e. The number of carbonyl (C=O) groups is 1. The average molecular weight is 272 g/mol. The second-order valence-electron chi connectivity index (χ2n) is 4.55. The van der Waals surface area contributed by atoms with Gasteiger partial charge < -0.3 is 14.1 Å². The smallest absolute Gasteiger partial charge is 0.289 e. The van der Waals surface area contributed by atoms with E-state index in [4.69, 9.17) is 14.4 Å². The first kappa shape index (κ1) is 13.9. The van der Waals surface area contributed by atoms with Gasteiger partial charge in [0.05, 0.1) is 19.6 Å². The number of fused-ring (bicyclic) bond motifs is 1. The second kappa shape index (κ2) is 5.66. The number of hydrogen-bond acceptors (Lipinski definition) is 4. The number of methoxy groups -OCH3 is 1. The van der Waals surface area contributed by atoms with E-state index in [9.17, 15) is 4.79 Å². The van der Waals surface area contributed by atoms with Crippen LogP contribution >= 0.6 is 0 Å². The van der Waals surface area contributed by atoms with Gasteiger partial charge in [-0.3, -0.25) is 4.79 Å². The van der Waals surface area contributed by atoms with Crippen molar-refractivity contribution < 1.29 is 13.9 Å². The van der Waals surface area contributed by atoms with E-state index >= 15 is 0 Å². The van der Waals surface area contributed by atoms with E-state index in [1.807, 2.05) is 19.1 Å². The average Bonchev–Trinajstić information content (AvgIpc) is 2.80. The predicted molar refractivity (Wildman–Crippen MR) is 74.7 cm³/mol. The number of hydrogen-bond donors (Lipinski definition) is 0. The van der Waals surface area contributed by atoms with Crippen molar-refractivity contribution in [1.82, 2.24) is 4.90 Å². The van der Waals surface area contributed by atoms with Crippen molar-refractivity contribution in [2.24, 2.45) is 0 Å². The number of ether oxygens (including phenoxy) is 1. The van der Waals surface area contributed by atoms with Gasteiger partial charge in [0.1, 0.15) is 11.3 Å². The Morgan fingerprint density at radius 1 is 1.50 bits per heavy atom. The van der Waals surface area contributed by atoms with E-state index in [0.29, 0.717) is 24.3 Å². The molecule has 104 valence electrons. The maximum atomic E-state index is 12.3.